The van der Waals surface area contributed by atoms with Gasteiger partial charge in [-0.15, -0.1) is 0 Å². The quantitative estimate of drug-likeness (QED) is 0.890. The lowest BCUT2D eigenvalue weighted by atomic mass is 10.2. The summed E-state index contributed by atoms with van der Waals surface area (Å²) in [7, 11) is -4.22. The van der Waals surface area contributed by atoms with Crippen molar-refractivity contribution in [2.75, 3.05) is 0 Å². The molecule has 0 aliphatic heterocycles. The first kappa shape index (κ1) is 13.0. The van der Waals surface area contributed by atoms with Gasteiger partial charge in [0.2, 0.25) is 0 Å². The molecular weight excluding hydrogens is 308 g/mol. The molecule has 16 heavy (non-hydrogen) atoms. The summed E-state index contributed by atoms with van der Waals surface area (Å²) in [6.45, 7) is 0. The van der Waals surface area contributed by atoms with Gasteiger partial charge in [0, 0.05) is 6.20 Å². The number of nitrogens with two attached hydrogens (primary N) is 1. The standard InChI is InChI=1S/C7H4BrF2N3O2S/c8-5-4(6(9)10)3(1-11)2-13-7(5)16(12,14)15/h2,6H,(H2,12,14,15). The number of primary sulfonamides is 1. The van der Waals surface area contributed by atoms with Crippen LogP contribution in [-0.2, 0) is 10.0 Å². The number of aromatic nitrogens is 1. The first-order valence-electron chi connectivity index (χ1n) is 3.68. The second-order valence-electron chi connectivity index (χ2n) is 2.66. The van der Waals surface area contributed by atoms with Crippen LogP contribution < -0.4 is 5.14 Å². The van der Waals surface area contributed by atoms with Gasteiger partial charge >= 0.3 is 0 Å². The molecule has 1 aromatic rings. The van der Waals surface area contributed by atoms with Gasteiger partial charge < -0.3 is 0 Å². The predicted molar refractivity (Wildman–Crippen MR) is 53.0 cm³/mol. The molecule has 1 aromatic heterocycles. The van der Waals surface area contributed by atoms with E-state index in [4.69, 9.17) is 10.4 Å². The van der Waals surface area contributed by atoms with Crippen LogP contribution in [0, 0.1) is 11.3 Å². The summed E-state index contributed by atoms with van der Waals surface area (Å²) in [4.78, 5) is 3.35. The molecule has 9 heteroatoms. The van der Waals surface area contributed by atoms with Gasteiger partial charge in [0.1, 0.15) is 6.07 Å². The van der Waals surface area contributed by atoms with E-state index in [1.165, 1.54) is 6.07 Å². The van der Waals surface area contributed by atoms with Crippen LogP contribution in [0.4, 0.5) is 8.78 Å². The zero-order chi connectivity index (χ0) is 12.5. The van der Waals surface area contributed by atoms with E-state index in [1.807, 2.05) is 0 Å². The summed E-state index contributed by atoms with van der Waals surface area (Å²) in [5.74, 6) is 0. The summed E-state index contributed by atoms with van der Waals surface area (Å²) in [6, 6.07) is 1.49. The average Bonchev–Trinajstić information content (AvgIpc) is 2.14. The summed E-state index contributed by atoms with van der Waals surface area (Å²) < 4.78 is 46.7. The van der Waals surface area contributed by atoms with Crippen molar-refractivity contribution >= 4 is 26.0 Å². The number of alkyl halides is 2. The zero-order valence-electron chi connectivity index (χ0n) is 7.49. The molecule has 0 aliphatic rings. The number of pyridine rings is 1. The molecular formula is C7H4BrF2N3O2S. The van der Waals surface area contributed by atoms with Crippen molar-refractivity contribution in [3.63, 3.8) is 0 Å². The topological polar surface area (TPSA) is 96.8 Å². The molecule has 0 atom stereocenters. The van der Waals surface area contributed by atoms with Gasteiger partial charge in [0.25, 0.3) is 16.4 Å². The van der Waals surface area contributed by atoms with Gasteiger partial charge in [-0.25, -0.2) is 27.3 Å². The molecule has 86 valence electrons. The van der Waals surface area contributed by atoms with Crippen molar-refractivity contribution in [1.82, 2.24) is 4.98 Å². The number of hydrogen-bond acceptors (Lipinski definition) is 4. The maximum Gasteiger partial charge on any atom is 0.266 e. The van der Waals surface area contributed by atoms with Gasteiger partial charge in [0.15, 0.2) is 5.03 Å². The molecule has 0 radical (unpaired) electrons. The molecule has 0 saturated carbocycles. The lowest BCUT2D eigenvalue weighted by Gasteiger charge is -2.08. The minimum Gasteiger partial charge on any atom is -0.241 e. The lowest BCUT2D eigenvalue weighted by molar-refractivity contribution is 0.149. The van der Waals surface area contributed by atoms with Gasteiger partial charge in [0.05, 0.1) is 15.6 Å². The first-order valence-corrected chi connectivity index (χ1v) is 6.02. The van der Waals surface area contributed by atoms with Crippen LogP contribution in [0.5, 0.6) is 0 Å². The number of rotatable bonds is 2. The van der Waals surface area contributed by atoms with Crippen molar-refractivity contribution in [1.29, 1.82) is 5.26 Å². The monoisotopic (exact) mass is 311 g/mol. The van der Waals surface area contributed by atoms with Crippen molar-refractivity contribution in [3.05, 3.63) is 21.8 Å². The van der Waals surface area contributed by atoms with Crippen LogP contribution in [0.3, 0.4) is 0 Å². The normalized spacial score (nSPS) is 11.5. The van der Waals surface area contributed by atoms with E-state index in [-0.39, 0.29) is 0 Å². The van der Waals surface area contributed by atoms with E-state index in [9.17, 15) is 17.2 Å². The molecule has 0 bridgehead atoms. The molecule has 0 amide bonds. The SMILES string of the molecule is N#Cc1cnc(S(N)(=O)=O)c(Br)c1C(F)F. The van der Waals surface area contributed by atoms with E-state index in [0.29, 0.717) is 0 Å². The maximum absolute atomic E-state index is 12.6. The highest BCUT2D eigenvalue weighted by Gasteiger charge is 2.25. The fourth-order valence-corrected chi connectivity index (χ4v) is 2.71. The molecule has 2 N–H and O–H groups in total. The third-order valence-electron chi connectivity index (χ3n) is 1.63. The van der Waals surface area contributed by atoms with Gasteiger partial charge in [-0.2, -0.15) is 5.26 Å². The first-order chi connectivity index (χ1) is 7.29. The van der Waals surface area contributed by atoms with E-state index >= 15 is 0 Å². The van der Waals surface area contributed by atoms with Crippen molar-refractivity contribution < 1.29 is 17.2 Å². The Morgan fingerprint density at radius 2 is 2.12 bits per heavy atom. The van der Waals surface area contributed by atoms with Crippen LogP contribution in [0.15, 0.2) is 15.7 Å². The predicted octanol–water partition coefficient (Wildman–Crippen LogP) is 1.30. The summed E-state index contributed by atoms with van der Waals surface area (Å²) >= 11 is 2.66. The Balaban J connectivity index is 3.65. The maximum atomic E-state index is 12.6. The molecule has 5 nitrogen and oxygen atoms in total. The lowest BCUT2D eigenvalue weighted by Crippen LogP contribution is -2.16. The van der Waals surface area contributed by atoms with Crippen LogP contribution in [0.2, 0.25) is 0 Å². The molecule has 0 aliphatic carbocycles. The second-order valence-corrected chi connectivity index (χ2v) is 4.93. The highest BCUT2D eigenvalue weighted by molar-refractivity contribution is 9.10. The third kappa shape index (κ3) is 2.34. The minimum atomic E-state index is -4.22. The van der Waals surface area contributed by atoms with E-state index in [1.54, 1.807) is 0 Å². The van der Waals surface area contributed by atoms with Gasteiger partial charge in [-0.05, 0) is 15.9 Å². The van der Waals surface area contributed by atoms with Gasteiger partial charge in [-0.3, -0.25) is 0 Å². The summed E-state index contributed by atoms with van der Waals surface area (Å²) in [5.41, 5.74) is -1.14. The third-order valence-corrected chi connectivity index (χ3v) is 3.55. The van der Waals surface area contributed by atoms with Crippen molar-refractivity contribution in [2.24, 2.45) is 5.14 Å². The molecule has 0 aromatic carbocycles. The van der Waals surface area contributed by atoms with Crippen LogP contribution in [-0.4, -0.2) is 13.4 Å². The molecule has 1 heterocycles. The molecule has 0 saturated heterocycles. The number of hydrogen-bond donors (Lipinski definition) is 1. The fraction of sp³-hybridized carbons (Fsp3) is 0.143. The van der Waals surface area contributed by atoms with E-state index < -0.39 is 37.1 Å². The molecule has 0 fully saturated rings. The minimum absolute atomic E-state index is 0.408. The van der Waals surface area contributed by atoms with Crippen LogP contribution >= 0.6 is 15.9 Å². The molecule has 1 rings (SSSR count). The van der Waals surface area contributed by atoms with Gasteiger partial charge in [-0.1, -0.05) is 0 Å². The number of halogens is 3. The Kier molecular flexibility index (Phi) is 3.57. The Morgan fingerprint density at radius 3 is 2.50 bits per heavy atom. The molecule has 0 spiro atoms. The van der Waals surface area contributed by atoms with E-state index in [2.05, 4.69) is 20.9 Å². The van der Waals surface area contributed by atoms with Crippen LogP contribution in [0.25, 0.3) is 0 Å². The Morgan fingerprint density at radius 1 is 1.56 bits per heavy atom. The largest absolute Gasteiger partial charge is 0.266 e. The smallest absolute Gasteiger partial charge is 0.241 e. The Hall–Kier alpha value is -1.11. The Labute approximate surface area is 98.1 Å². The second kappa shape index (κ2) is 4.40. The number of nitrogens with zero attached hydrogens (tertiary/aromatic N) is 2. The summed E-state index contributed by atoms with van der Waals surface area (Å²) in [5, 5.41) is 12.6. The van der Waals surface area contributed by atoms with Crippen molar-refractivity contribution in [2.45, 2.75) is 11.5 Å². The van der Waals surface area contributed by atoms with E-state index in [0.717, 1.165) is 6.20 Å². The number of sulfonamides is 1. The average molecular weight is 312 g/mol. The van der Waals surface area contributed by atoms with Crippen LogP contribution in [0.1, 0.15) is 17.6 Å². The van der Waals surface area contributed by atoms with Crippen molar-refractivity contribution in [3.8, 4) is 6.07 Å². The Bertz CT molecular complexity index is 568. The fourth-order valence-electron chi connectivity index (χ4n) is 0.984. The highest BCUT2D eigenvalue weighted by atomic mass is 79.9. The number of nitriles is 1. The summed E-state index contributed by atoms with van der Waals surface area (Å²) in [6.07, 6.45) is -2.26. The molecule has 0 unspecified atom stereocenters. The highest BCUT2D eigenvalue weighted by Crippen LogP contribution is 2.33. The zero-order valence-corrected chi connectivity index (χ0v) is 9.89.